The van der Waals surface area contributed by atoms with Gasteiger partial charge in [0.05, 0.1) is 5.92 Å². The molecule has 1 N–H and O–H groups in total. The highest BCUT2D eigenvalue weighted by atomic mass is 16.2. The highest BCUT2D eigenvalue weighted by Gasteiger charge is 2.40. The van der Waals surface area contributed by atoms with Crippen LogP contribution < -0.4 is 5.32 Å². The third-order valence-electron chi connectivity index (χ3n) is 4.25. The standard InChI is InChI=1S/C13H24N2O/c1-10-11(6-4-8-14-10)12(16)15-9-5-7-13(15,2)3/h10-11,14H,4-9H2,1-3H3. The SMILES string of the molecule is CC1NCCCC1C(=O)N1CCCC1(C)C. The topological polar surface area (TPSA) is 32.3 Å². The number of carbonyl (C=O) groups excluding carboxylic acids is 1. The summed E-state index contributed by atoms with van der Waals surface area (Å²) in [5, 5.41) is 3.42. The molecule has 0 aromatic heterocycles. The van der Waals surface area contributed by atoms with Gasteiger partial charge in [-0.2, -0.15) is 0 Å². The van der Waals surface area contributed by atoms with Crippen molar-refractivity contribution in [2.75, 3.05) is 13.1 Å². The lowest BCUT2D eigenvalue weighted by molar-refractivity contribution is -0.140. The number of piperidine rings is 1. The molecule has 2 aliphatic rings. The van der Waals surface area contributed by atoms with Gasteiger partial charge in [0, 0.05) is 18.1 Å². The van der Waals surface area contributed by atoms with Gasteiger partial charge in [0.2, 0.25) is 5.91 Å². The molecule has 16 heavy (non-hydrogen) atoms. The monoisotopic (exact) mass is 224 g/mol. The van der Waals surface area contributed by atoms with Gasteiger partial charge < -0.3 is 10.2 Å². The fourth-order valence-electron chi connectivity index (χ4n) is 3.10. The normalized spacial score (nSPS) is 34.1. The molecule has 0 aromatic rings. The Balaban J connectivity index is 2.06. The van der Waals surface area contributed by atoms with Crippen LogP contribution in [0, 0.1) is 5.92 Å². The van der Waals surface area contributed by atoms with Crippen molar-refractivity contribution in [3.05, 3.63) is 0 Å². The number of nitrogens with zero attached hydrogens (tertiary/aromatic N) is 1. The van der Waals surface area contributed by atoms with E-state index in [-0.39, 0.29) is 11.5 Å². The van der Waals surface area contributed by atoms with Crippen molar-refractivity contribution in [1.29, 1.82) is 0 Å². The lowest BCUT2D eigenvalue weighted by atomic mass is 9.89. The lowest BCUT2D eigenvalue weighted by Gasteiger charge is -2.38. The van der Waals surface area contributed by atoms with Gasteiger partial charge in [-0.3, -0.25) is 4.79 Å². The Labute approximate surface area is 98.6 Å². The van der Waals surface area contributed by atoms with E-state index in [9.17, 15) is 4.79 Å². The molecule has 0 saturated carbocycles. The van der Waals surface area contributed by atoms with Crippen molar-refractivity contribution >= 4 is 5.91 Å². The zero-order chi connectivity index (χ0) is 11.8. The van der Waals surface area contributed by atoms with E-state index in [1.807, 2.05) is 0 Å². The maximum absolute atomic E-state index is 12.5. The number of nitrogens with one attached hydrogen (secondary N) is 1. The zero-order valence-electron chi connectivity index (χ0n) is 10.8. The second kappa shape index (κ2) is 4.36. The van der Waals surface area contributed by atoms with Crippen LogP contribution in [0.3, 0.4) is 0 Å². The molecule has 2 fully saturated rings. The summed E-state index contributed by atoms with van der Waals surface area (Å²) in [6.45, 7) is 8.55. The summed E-state index contributed by atoms with van der Waals surface area (Å²) >= 11 is 0. The van der Waals surface area contributed by atoms with E-state index in [4.69, 9.17) is 0 Å². The van der Waals surface area contributed by atoms with Gasteiger partial charge in [-0.1, -0.05) is 0 Å². The van der Waals surface area contributed by atoms with Crippen LogP contribution >= 0.6 is 0 Å². The predicted octanol–water partition coefficient (Wildman–Crippen LogP) is 1.78. The molecule has 2 aliphatic heterocycles. The van der Waals surface area contributed by atoms with Gasteiger partial charge in [0.15, 0.2) is 0 Å². The molecule has 0 bridgehead atoms. The molecule has 0 spiro atoms. The molecule has 2 rings (SSSR count). The zero-order valence-corrected chi connectivity index (χ0v) is 10.8. The highest BCUT2D eigenvalue weighted by Crippen LogP contribution is 2.31. The van der Waals surface area contributed by atoms with Crippen molar-refractivity contribution in [2.45, 2.75) is 58.0 Å². The molecular formula is C13H24N2O. The van der Waals surface area contributed by atoms with Gasteiger partial charge in [0.1, 0.15) is 0 Å². The van der Waals surface area contributed by atoms with E-state index < -0.39 is 0 Å². The van der Waals surface area contributed by atoms with Crippen LogP contribution in [0.5, 0.6) is 0 Å². The Hall–Kier alpha value is -0.570. The smallest absolute Gasteiger partial charge is 0.227 e. The maximum Gasteiger partial charge on any atom is 0.227 e. The average molecular weight is 224 g/mol. The quantitative estimate of drug-likeness (QED) is 0.736. The van der Waals surface area contributed by atoms with Crippen LogP contribution in [0.1, 0.15) is 46.5 Å². The number of hydrogen-bond donors (Lipinski definition) is 1. The Kier molecular flexibility index (Phi) is 3.24. The Morgan fingerprint density at radius 2 is 2.12 bits per heavy atom. The summed E-state index contributed by atoms with van der Waals surface area (Å²) in [5.41, 5.74) is 0.0776. The molecule has 3 nitrogen and oxygen atoms in total. The third-order valence-corrected chi connectivity index (χ3v) is 4.25. The molecule has 2 atom stereocenters. The molecular weight excluding hydrogens is 200 g/mol. The minimum atomic E-state index is 0.0776. The Bertz CT molecular complexity index is 275. The van der Waals surface area contributed by atoms with Crippen molar-refractivity contribution < 1.29 is 4.79 Å². The first kappa shape index (κ1) is 11.9. The van der Waals surface area contributed by atoms with E-state index in [1.165, 1.54) is 0 Å². The maximum atomic E-state index is 12.5. The molecule has 0 aliphatic carbocycles. The molecule has 2 unspecified atom stereocenters. The lowest BCUT2D eigenvalue weighted by Crippen LogP contribution is -2.52. The molecule has 2 heterocycles. The summed E-state index contributed by atoms with van der Waals surface area (Å²) < 4.78 is 0. The molecule has 0 radical (unpaired) electrons. The van der Waals surface area contributed by atoms with E-state index in [0.29, 0.717) is 11.9 Å². The van der Waals surface area contributed by atoms with Crippen LogP contribution in [0.15, 0.2) is 0 Å². The molecule has 2 saturated heterocycles. The summed E-state index contributed by atoms with van der Waals surface area (Å²) in [7, 11) is 0. The Morgan fingerprint density at radius 3 is 2.69 bits per heavy atom. The molecule has 1 amide bonds. The molecule has 3 heteroatoms. The number of hydrogen-bond acceptors (Lipinski definition) is 2. The summed E-state index contributed by atoms with van der Waals surface area (Å²) in [4.78, 5) is 14.6. The second-order valence-corrected chi connectivity index (χ2v) is 5.90. The van der Waals surface area contributed by atoms with Crippen LogP contribution in [0.4, 0.5) is 0 Å². The van der Waals surface area contributed by atoms with E-state index >= 15 is 0 Å². The van der Waals surface area contributed by atoms with Crippen LogP contribution in [-0.2, 0) is 4.79 Å². The highest BCUT2D eigenvalue weighted by molar-refractivity contribution is 5.80. The largest absolute Gasteiger partial charge is 0.337 e. The van der Waals surface area contributed by atoms with Gasteiger partial charge >= 0.3 is 0 Å². The summed E-state index contributed by atoms with van der Waals surface area (Å²) in [6.07, 6.45) is 4.50. The van der Waals surface area contributed by atoms with E-state index in [0.717, 1.165) is 38.8 Å². The fraction of sp³-hybridized carbons (Fsp3) is 0.923. The van der Waals surface area contributed by atoms with Crippen LogP contribution in [0.2, 0.25) is 0 Å². The minimum Gasteiger partial charge on any atom is -0.337 e. The minimum absolute atomic E-state index is 0.0776. The first-order chi connectivity index (χ1) is 7.52. The van der Waals surface area contributed by atoms with Crippen molar-refractivity contribution in [1.82, 2.24) is 10.2 Å². The number of rotatable bonds is 1. The second-order valence-electron chi connectivity index (χ2n) is 5.90. The number of amides is 1. The first-order valence-corrected chi connectivity index (χ1v) is 6.57. The first-order valence-electron chi connectivity index (χ1n) is 6.57. The van der Waals surface area contributed by atoms with Crippen LogP contribution in [0.25, 0.3) is 0 Å². The van der Waals surface area contributed by atoms with Crippen molar-refractivity contribution in [2.24, 2.45) is 5.92 Å². The number of carbonyl (C=O) groups is 1. The Morgan fingerprint density at radius 1 is 1.38 bits per heavy atom. The molecule has 0 aromatic carbocycles. The summed E-state index contributed by atoms with van der Waals surface area (Å²) in [5.74, 6) is 0.577. The average Bonchev–Trinajstić information content (AvgIpc) is 2.58. The molecule has 92 valence electrons. The fourth-order valence-corrected chi connectivity index (χ4v) is 3.10. The van der Waals surface area contributed by atoms with Gasteiger partial charge in [-0.15, -0.1) is 0 Å². The van der Waals surface area contributed by atoms with Gasteiger partial charge in [-0.05, 0) is 53.0 Å². The van der Waals surface area contributed by atoms with Gasteiger partial charge in [0.25, 0.3) is 0 Å². The predicted molar refractivity (Wildman–Crippen MR) is 65.2 cm³/mol. The number of likely N-dealkylation sites (tertiary alicyclic amines) is 1. The van der Waals surface area contributed by atoms with E-state index in [1.54, 1.807) is 0 Å². The van der Waals surface area contributed by atoms with Crippen LogP contribution in [-0.4, -0.2) is 35.5 Å². The van der Waals surface area contributed by atoms with Gasteiger partial charge in [-0.25, -0.2) is 0 Å². The van der Waals surface area contributed by atoms with E-state index in [2.05, 4.69) is 31.0 Å². The third kappa shape index (κ3) is 2.10. The van der Waals surface area contributed by atoms with Crippen molar-refractivity contribution in [3.63, 3.8) is 0 Å². The summed E-state index contributed by atoms with van der Waals surface area (Å²) in [6, 6.07) is 0.345. The van der Waals surface area contributed by atoms with Crippen molar-refractivity contribution in [3.8, 4) is 0 Å².